The van der Waals surface area contributed by atoms with Crippen molar-refractivity contribution in [1.29, 1.82) is 0 Å². The minimum Gasteiger partial charge on any atom is -0.431 e. The predicted molar refractivity (Wildman–Crippen MR) is 62.7 cm³/mol. The van der Waals surface area contributed by atoms with E-state index in [1.165, 1.54) is 6.26 Å². The number of hydrogen-bond acceptors (Lipinski definition) is 4. The zero-order valence-electron chi connectivity index (χ0n) is 8.34. The van der Waals surface area contributed by atoms with E-state index in [4.69, 9.17) is 4.42 Å². The zero-order valence-corrected chi connectivity index (χ0v) is 10.7. The maximum Gasteiger partial charge on any atom is 0.264 e. The van der Waals surface area contributed by atoms with Crippen molar-refractivity contribution in [3.8, 4) is 11.3 Å². The van der Waals surface area contributed by atoms with Crippen molar-refractivity contribution in [1.82, 2.24) is 4.98 Å². The summed E-state index contributed by atoms with van der Waals surface area (Å²) in [4.78, 5) is 4.58. The van der Waals surface area contributed by atoms with Crippen LogP contribution >= 0.6 is 15.9 Å². The third kappa shape index (κ3) is 2.33. The maximum absolute atomic E-state index is 11.2. The van der Waals surface area contributed by atoms with Gasteiger partial charge in [-0.2, -0.15) is 0 Å². The van der Waals surface area contributed by atoms with Crippen LogP contribution in [0.2, 0.25) is 0 Å². The molecule has 0 spiro atoms. The highest BCUT2D eigenvalue weighted by molar-refractivity contribution is 9.10. The minimum absolute atomic E-state index is 0.287. The monoisotopic (exact) mass is 301 g/mol. The average Bonchev–Trinajstić information content (AvgIpc) is 2.64. The third-order valence-corrected chi connectivity index (χ3v) is 3.54. The molecule has 1 heterocycles. The van der Waals surface area contributed by atoms with Crippen LogP contribution in [0.1, 0.15) is 0 Å². The Hall–Kier alpha value is -1.14. The lowest BCUT2D eigenvalue weighted by Gasteiger charge is -1.99. The number of benzene rings is 1. The molecular weight excluding hydrogens is 294 g/mol. The van der Waals surface area contributed by atoms with Gasteiger partial charge in [0.25, 0.3) is 4.80 Å². The van der Waals surface area contributed by atoms with Crippen molar-refractivity contribution in [3.05, 3.63) is 35.3 Å². The Bertz CT molecular complexity index is 601. The molecule has 4 nitrogen and oxygen atoms in total. The van der Waals surface area contributed by atoms with Gasteiger partial charge in [-0.25, -0.2) is 13.4 Å². The van der Waals surface area contributed by atoms with E-state index >= 15 is 0 Å². The largest absolute Gasteiger partial charge is 0.431 e. The van der Waals surface area contributed by atoms with Crippen molar-refractivity contribution in [2.24, 2.45) is 0 Å². The van der Waals surface area contributed by atoms with Gasteiger partial charge in [-0.15, -0.1) is 0 Å². The minimum atomic E-state index is -3.15. The fourth-order valence-corrected chi connectivity index (χ4v) is 2.16. The van der Waals surface area contributed by atoms with Crippen LogP contribution in [0.5, 0.6) is 0 Å². The van der Waals surface area contributed by atoms with E-state index in [0.29, 0.717) is 10.6 Å². The molecule has 0 radical (unpaired) electrons. The molecule has 6 heteroatoms. The maximum atomic E-state index is 11.2. The molecule has 0 aliphatic carbocycles. The zero-order chi connectivity index (χ0) is 11.8. The van der Waals surface area contributed by atoms with Crippen LogP contribution in [0.4, 0.5) is 0 Å². The molecular formula is C10H8BrNO3S. The molecule has 1 aromatic heterocycles. The summed E-state index contributed by atoms with van der Waals surface area (Å²) < 4.78 is 27.7. The molecule has 0 atom stereocenters. The summed E-state index contributed by atoms with van der Waals surface area (Å²) >= 11 is 3.10. The van der Waals surface area contributed by atoms with Crippen LogP contribution in [-0.2, 0) is 9.84 Å². The molecule has 2 rings (SSSR count). The Kier molecular flexibility index (Phi) is 2.86. The highest BCUT2D eigenvalue weighted by Crippen LogP contribution is 2.23. The molecule has 0 fully saturated rings. The van der Waals surface area contributed by atoms with Crippen molar-refractivity contribution in [2.45, 2.75) is 4.90 Å². The Balaban J connectivity index is 2.40. The Morgan fingerprint density at radius 2 is 1.88 bits per heavy atom. The molecule has 16 heavy (non-hydrogen) atoms. The normalized spacial score (nSPS) is 11.6. The van der Waals surface area contributed by atoms with Crippen molar-refractivity contribution < 1.29 is 12.8 Å². The lowest BCUT2D eigenvalue weighted by molar-refractivity contribution is 0.542. The topological polar surface area (TPSA) is 60.2 Å². The number of rotatable bonds is 2. The fraction of sp³-hybridized carbons (Fsp3) is 0.100. The molecule has 1 aromatic carbocycles. The van der Waals surface area contributed by atoms with Crippen LogP contribution in [-0.4, -0.2) is 19.7 Å². The SMILES string of the molecule is CS(=O)(=O)c1ccc(-c2cnc(Br)o2)cc1. The predicted octanol–water partition coefficient (Wildman–Crippen LogP) is 2.51. The van der Waals surface area contributed by atoms with E-state index in [1.807, 2.05) is 0 Å². The van der Waals surface area contributed by atoms with Gasteiger partial charge in [-0.05, 0) is 24.3 Å². The van der Waals surface area contributed by atoms with Crippen molar-refractivity contribution >= 4 is 25.8 Å². The quantitative estimate of drug-likeness (QED) is 0.855. The summed E-state index contributed by atoms with van der Waals surface area (Å²) in [6.45, 7) is 0. The molecule has 0 amide bonds. The molecule has 0 saturated carbocycles. The van der Waals surface area contributed by atoms with Gasteiger partial charge in [-0.3, -0.25) is 0 Å². The molecule has 0 aliphatic rings. The van der Waals surface area contributed by atoms with Gasteiger partial charge < -0.3 is 4.42 Å². The van der Waals surface area contributed by atoms with Crippen LogP contribution in [0.3, 0.4) is 0 Å². The molecule has 0 bridgehead atoms. The fourth-order valence-electron chi connectivity index (χ4n) is 1.25. The van der Waals surface area contributed by atoms with Gasteiger partial charge in [0.2, 0.25) is 0 Å². The smallest absolute Gasteiger partial charge is 0.264 e. The van der Waals surface area contributed by atoms with Crippen LogP contribution < -0.4 is 0 Å². The molecule has 2 aromatic rings. The van der Waals surface area contributed by atoms with E-state index in [2.05, 4.69) is 20.9 Å². The van der Waals surface area contributed by atoms with Gasteiger partial charge >= 0.3 is 0 Å². The second-order valence-electron chi connectivity index (χ2n) is 3.27. The van der Waals surface area contributed by atoms with E-state index in [0.717, 1.165) is 5.56 Å². The summed E-state index contributed by atoms with van der Waals surface area (Å²) in [6, 6.07) is 6.45. The summed E-state index contributed by atoms with van der Waals surface area (Å²) in [5.74, 6) is 0.590. The summed E-state index contributed by atoms with van der Waals surface area (Å²) in [5, 5.41) is 0. The summed E-state index contributed by atoms with van der Waals surface area (Å²) in [7, 11) is -3.15. The van der Waals surface area contributed by atoms with Crippen LogP contribution in [0.25, 0.3) is 11.3 Å². The number of halogens is 1. The molecule has 0 aliphatic heterocycles. The van der Waals surface area contributed by atoms with E-state index in [9.17, 15) is 8.42 Å². The first-order valence-corrected chi connectivity index (χ1v) is 7.07. The van der Waals surface area contributed by atoms with Gasteiger partial charge in [0.1, 0.15) is 0 Å². The van der Waals surface area contributed by atoms with E-state index < -0.39 is 9.84 Å². The van der Waals surface area contributed by atoms with E-state index in [1.54, 1.807) is 30.5 Å². The average molecular weight is 302 g/mol. The standard InChI is InChI=1S/C10H8BrNO3S/c1-16(13,14)8-4-2-7(3-5-8)9-6-12-10(11)15-9/h2-6H,1H3. The Labute approximate surface area is 101 Å². The first-order valence-electron chi connectivity index (χ1n) is 4.38. The van der Waals surface area contributed by atoms with Gasteiger partial charge in [-0.1, -0.05) is 0 Å². The Morgan fingerprint density at radius 3 is 2.31 bits per heavy atom. The number of sulfone groups is 1. The second kappa shape index (κ2) is 4.03. The first-order chi connectivity index (χ1) is 7.47. The lowest BCUT2D eigenvalue weighted by Crippen LogP contribution is -1.95. The Morgan fingerprint density at radius 1 is 1.25 bits per heavy atom. The number of hydrogen-bond donors (Lipinski definition) is 0. The second-order valence-corrected chi connectivity index (χ2v) is 5.97. The van der Waals surface area contributed by atoms with Crippen LogP contribution in [0, 0.1) is 0 Å². The van der Waals surface area contributed by atoms with Gasteiger partial charge in [0, 0.05) is 27.7 Å². The molecule has 0 saturated heterocycles. The summed E-state index contributed by atoms with van der Waals surface area (Å²) in [6.07, 6.45) is 2.74. The third-order valence-electron chi connectivity index (χ3n) is 2.04. The van der Waals surface area contributed by atoms with Crippen molar-refractivity contribution in [3.63, 3.8) is 0 Å². The van der Waals surface area contributed by atoms with Crippen molar-refractivity contribution in [2.75, 3.05) is 6.26 Å². The number of aromatic nitrogens is 1. The molecule has 0 unspecified atom stereocenters. The van der Waals surface area contributed by atoms with Crippen LogP contribution in [0.15, 0.2) is 44.6 Å². The highest BCUT2D eigenvalue weighted by Gasteiger charge is 2.08. The highest BCUT2D eigenvalue weighted by atomic mass is 79.9. The number of oxazole rings is 1. The summed E-state index contributed by atoms with van der Waals surface area (Å²) in [5.41, 5.74) is 0.783. The van der Waals surface area contributed by atoms with E-state index in [-0.39, 0.29) is 4.90 Å². The first kappa shape index (κ1) is 11.3. The molecule has 0 N–H and O–H groups in total. The van der Waals surface area contributed by atoms with Gasteiger partial charge in [0.05, 0.1) is 11.1 Å². The van der Waals surface area contributed by atoms with Gasteiger partial charge in [0.15, 0.2) is 15.6 Å². The lowest BCUT2D eigenvalue weighted by atomic mass is 10.2. The molecule has 84 valence electrons. The number of nitrogens with zero attached hydrogens (tertiary/aromatic N) is 1.